The number of carbonyl (C=O) groups is 3. The van der Waals surface area contributed by atoms with E-state index >= 15 is 0 Å². The van der Waals surface area contributed by atoms with Crippen molar-refractivity contribution >= 4 is 17.7 Å². The smallest absolute Gasteiger partial charge is 0.489 e. The first-order chi connectivity index (χ1) is 18.0. The molecule has 0 fully saturated rings. The maximum Gasteiger partial charge on any atom is 0.508 e. The topological polar surface area (TPSA) is 88.1 Å². The fourth-order valence-corrected chi connectivity index (χ4v) is 4.39. The lowest BCUT2D eigenvalue weighted by Crippen LogP contribution is -2.25. The van der Waals surface area contributed by atoms with Crippen molar-refractivity contribution in [2.45, 2.75) is 110 Å². The number of hydrogen-bond acceptors (Lipinski definition) is 7. The highest BCUT2D eigenvalue weighted by molar-refractivity contribution is 6.23. The minimum absolute atomic E-state index is 0.00956. The van der Waals surface area contributed by atoms with Crippen LogP contribution in [0.4, 0.5) is 4.79 Å². The van der Waals surface area contributed by atoms with E-state index in [1.54, 1.807) is 13.8 Å². The maximum absolute atomic E-state index is 12.6. The van der Waals surface area contributed by atoms with Crippen molar-refractivity contribution in [3.63, 3.8) is 0 Å². The fourth-order valence-electron chi connectivity index (χ4n) is 4.39. The van der Waals surface area contributed by atoms with Gasteiger partial charge in [-0.3, -0.25) is 9.59 Å². The molecule has 0 bridgehead atoms. The summed E-state index contributed by atoms with van der Waals surface area (Å²) in [4.78, 5) is 36.1. The summed E-state index contributed by atoms with van der Waals surface area (Å²) in [6, 6.07) is 0. The summed E-state index contributed by atoms with van der Waals surface area (Å²) in [5.74, 6) is -0.437. The molecule has 210 valence electrons. The van der Waals surface area contributed by atoms with Crippen LogP contribution >= 0.6 is 0 Å². The zero-order valence-electron chi connectivity index (χ0n) is 23.5. The van der Waals surface area contributed by atoms with E-state index in [4.69, 9.17) is 18.9 Å². The first-order valence-electron chi connectivity index (χ1n) is 14.0. The Bertz CT molecular complexity index is 792. The second kappa shape index (κ2) is 20.5. The number of ketones is 2. The SMILES string of the molecule is CCOC(=O)OCCCCCCC/C=C\CCCCCCCCCC1=C(C)C(=O)C(OC)=C(OC)C1=O. The largest absolute Gasteiger partial charge is 0.508 e. The van der Waals surface area contributed by atoms with Crippen LogP contribution in [0, 0.1) is 0 Å². The molecule has 0 N–H and O–H groups in total. The van der Waals surface area contributed by atoms with Gasteiger partial charge in [-0.2, -0.15) is 0 Å². The predicted molar refractivity (Wildman–Crippen MR) is 145 cm³/mol. The third-order valence-corrected chi connectivity index (χ3v) is 6.56. The van der Waals surface area contributed by atoms with Crippen molar-refractivity contribution in [3.05, 3.63) is 34.8 Å². The van der Waals surface area contributed by atoms with Crippen LogP contribution in [0.5, 0.6) is 0 Å². The van der Waals surface area contributed by atoms with Crippen LogP contribution in [0.25, 0.3) is 0 Å². The molecule has 0 radical (unpaired) electrons. The van der Waals surface area contributed by atoms with Gasteiger partial charge in [0.15, 0.2) is 0 Å². The third kappa shape index (κ3) is 13.0. The van der Waals surface area contributed by atoms with Gasteiger partial charge in [-0.25, -0.2) is 4.79 Å². The highest BCUT2D eigenvalue weighted by atomic mass is 16.7. The quantitative estimate of drug-likeness (QED) is 0.0668. The second-order valence-corrected chi connectivity index (χ2v) is 9.40. The molecule has 0 saturated heterocycles. The Balaban J connectivity index is 1.97. The number of Topliss-reactive ketones (excluding diaryl/α,β-unsaturated/α-hetero) is 2. The average molecular weight is 521 g/mol. The van der Waals surface area contributed by atoms with Crippen molar-refractivity contribution in [3.8, 4) is 0 Å². The van der Waals surface area contributed by atoms with Crippen molar-refractivity contribution in [2.75, 3.05) is 27.4 Å². The minimum Gasteiger partial charge on any atom is -0.489 e. The Hall–Kier alpha value is -2.57. The number of allylic oxidation sites excluding steroid dienone is 4. The zero-order valence-corrected chi connectivity index (χ0v) is 23.5. The molecule has 1 aliphatic rings. The molecule has 0 aliphatic heterocycles. The Morgan fingerprint density at radius 3 is 1.70 bits per heavy atom. The van der Waals surface area contributed by atoms with Crippen molar-refractivity contribution in [2.24, 2.45) is 0 Å². The highest BCUT2D eigenvalue weighted by Gasteiger charge is 2.34. The highest BCUT2D eigenvalue weighted by Crippen LogP contribution is 2.28. The van der Waals surface area contributed by atoms with E-state index in [0.29, 0.717) is 30.8 Å². The summed E-state index contributed by atoms with van der Waals surface area (Å²) in [5, 5.41) is 0. The van der Waals surface area contributed by atoms with Crippen molar-refractivity contribution in [1.29, 1.82) is 0 Å². The lowest BCUT2D eigenvalue weighted by atomic mass is 9.89. The lowest BCUT2D eigenvalue weighted by Gasteiger charge is -2.20. The minimum atomic E-state index is -0.564. The maximum atomic E-state index is 12.6. The first kappa shape index (κ1) is 32.5. The number of ether oxygens (including phenoxy) is 4. The van der Waals surface area contributed by atoms with Gasteiger partial charge in [-0.05, 0) is 58.8 Å². The van der Waals surface area contributed by atoms with Crippen LogP contribution in [-0.2, 0) is 28.5 Å². The van der Waals surface area contributed by atoms with Gasteiger partial charge in [0.2, 0.25) is 23.1 Å². The fraction of sp³-hybridized carbons (Fsp3) is 0.700. The number of unbranched alkanes of at least 4 members (excludes halogenated alkanes) is 12. The molecule has 37 heavy (non-hydrogen) atoms. The average Bonchev–Trinajstić information content (AvgIpc) is 2.89. The predicted octanol–water partition coefficient (Wildman–Crippen LogP) is 7.54. The Kier molecular flexibility index (Phi) is 18.0. The molecule has 0 aromatic carbocycles. The van der Waals surface area contributed by atoms with Gasteiger partial charge in [0.25, 0.3) is 0 Å². The Labute approximate surface area is 223 Å². The molecule has 7 heteroatoms. The third-order valence-electron chi connectivity index (χ3n) is 6.56. The molecule has 0 unspecified atom stereocenters. The van der Waals surface area contributed by atoms with E-state index in [0.717, 1.165) is 44.9 Å². The summed E-state index contributed by atoms with van der Waals surface area (Å²) in [6.45, 7) is 4.27. The number of rotatable bonds is 21. The Morgan fingerprint density at radius 1 is 0.676 bits per heavy atom. The molecule has 0 saturated carbocycles. The van der Waals surface area contributed by atoms with E-state index in [2.05, 4.69) is 12.2 Å². The molecular formula is C30H48O7. The standard InChI is InChI=1S/C30H48O7/c1-5-36-30(33)37-23-21-19-17-15-13-11-9-7-6-8-10-12-14-16-18-20-22-25-24(2)26(31)28(34-3)29(35-4)27(25)32/h7,9H,5-6,8,10-23H2,1-4H3/b9-7-. The summed E-state index contributed by atoms with van der Waals surface area (Å²) >= 11 is 0. The summed E-state index contributed by atoms with van der Waals surface area (Å²) in [7, 11) is 2.78. The molecule has 7 nitrogen and oxygen atoms in total. The molecule has 1 aliphatic carbocycles. The van der Waals surface area contributed by atoms with E-state index in [9.17, 15) is 14.4 Å². The zero-order chi connectivity index (χ0) is 27.3. The van der Waals surface area contributed by atoms with Gasteiger partial charge in [0.1, 0.15) is 0 Å². The summed E-state index contributed by atoms with van der Waals surface area (Å²) in [5.41, 5.74) is 1.05. The van der Waals surface area contributed by atoms with Crippen LogP contribution in [0.3, 0.4) is 0 Å². The lowest BCUT2D eigenvalue weighted by molar-refractivity contribution is -0.121. The second-order valence-electron chi connectivity index (χ2n) is 9.40. The van der Waals surface area contributed by atoms with E-state index < -0.39 is 6.16 Å². The molecule has 0 aromatic rings. The van der Waals surface area contributed by atoms with E-state index in [1.807, 2.05) is 0 Å². The van der Waals surface area contributed by atoms with Gasteiger partial charge in [-0.15, -0.1) is 0 Å². The van der Waals surface area contributed by atoms with Crippen LogP contribution < -0.4 is 0 Å². The monoisotopic (exact) mass is 520 g/mol. The van der Waals surface area contributed by atoms with Gasteiger partial charge >= 0.3 is 6.16 Å². The van der Waals surface area contributed by atoms with Crippen molar-refractivity contribution in [1.82, 2.24) is 0 Å². The number of hydrogen-bond donors (Lipinski definition) is 0. The molecule has 0 heterocycles. The molecule has 1 rings (SSSR count). The van der Waals surface area contributed by atoms with Gasteiger partial charge in [-0.1, -0.05) is 63.5 Å². The van der Waals surface area contributed by atoms with Crippen LogP contribution in [0.2, 0.25) is 0 Å². The number of carbonyl (C=O) groups excluding carboxylic acids is 3. The van der Waals surface area contributed by atoms with Crippen LogP contribution in [0.1, 0.15) is 110 Å². The molecule has 0 amide bonds. The summed E-state index contributed by atoms with van der Waals surface area (Å²) < 4.78 is 19.9. The van der Waals surface area contributed by atoms with Gasteiger partial charge in [0, 0.05) is 11.1 Å². The first-order valence-corrected chi connectivity index (χ1v) is 14.0. The normalized spacial score (nSPS) is 14.1. The van der Waals surface area contributed by atoms with Crippen molar-refractivity contribution < 1.29 is 33.3 Å². The van der Waals surface area contributed by atoms with E-state index in [-0.39, 0.29) is 23.1 Å². The van der Waals surface area contributed by atoms with E-state index in [1.165, 1.54) is 59.2 Å². The van der Waals surface area contributed by atoms with Gasteiger partial charge < -0.3 is 18.9 Å². The van der Waals surface area contributed by atoms with Crippen LogP contribution in [-0.4, -0.2) is 45.2 Å². The molecular weight excluding hydrogens is 472 g/mol. The van der Waals surface area contributed by atoms with Gasteiger partial charge in [0.05, 0.1) is 27.4 Å². The molecule has 0 atom stereocenters. The van der Waals surface area contributed by atoms with Crippen LogP contribution in [0.15, 0.2) is 34.8 Å². The summed E-state index contributed by atoms with van der Waals surface area (Å²) in [6.07, 6.45) is 20.5. The Morgan fingerprint density at radius 2 is 1.16 bits per heavy atom. The molecule has 0 spiro atoms. The molecule has 0 aromatic heterocycles. The number of methoxy groups -OCH3 is 2.